The van der Waals surface area contributed by atoms with E-state index in [2.05, 4.69) is 22.8 Å². The first-order chi connectivity index (χ1) is 15.6. The first kappa shape index (κ1) is 21.5. The Morgan fingerprint density at radius 2 is 1.75 bits per heavy atom. The van der Waals surface area contributed by atoms with E-state index >= 15 is 0 Å². The predicted molar refractivity (Wildman–Crippen MR) is 127 cm³/mol. The summed E-state index contributed by atoms with van der Waals surface area (Å²) in [6, 6.07) is 16.4. The lowest BCUT2D eigenvalue weighted by molar-refractivity contribution is -0.128. The standard InChI is InChI=1S/C26H30ClN3O2/c27-19-11-9-18(10-12-19)26-29-21-6-2-4-8-23(21)30(26)22-7-3-1-5-20(22)24(25(28)31)17-13-15-32-16-14-17/h2,4,6,8-12,17,20,22,24H,1,3,5,7,13-16H2,(H2,28,31). The number of carbonyl (C=O) groups is 1. The minimum Gasteiger partial charge on any atom is -0.381 e. The zero-order valence-corrected chi connectivity index (χ0v) is 19.0. The van der Waals surface area contributed by atoms with Crippen molar-refractivity contribution in [2.45, 2.75) is 44.6 Å². The Balaban J connectivity index is 1.62. The highest BCUT2D eigenvalue weighted by Gasteiger charge is 2.41. The van der Waals surface area contributed by atoms with E-state index < -0.39 is 0 Å². The zero-order chi connectivity index (χ0) is 22.1. The fourth-order valence-electron chi connectivity index (χ4n) is 5.93. The van der Waals surface area contributed by atoms with Gasteiger partial charge in [0, 0.05) is 35.8 Å². The Hall–Kier alpha value is -2.37. The summed E-state index contributed by atoms with van der Waals surface area (Å²) in [5.41, 5.74) is 9.20. The number of hydrogen-bond donors (Lipinski definition) is 1. The molecule has 1 aliphatic heterocycles. The third-order valence-corrected chi connectivity index (χ3v) is 7.63. The average Bonchev–Trinajstić information content (AvgIpc) is 3.20. The summed E-state index contributed by atoms with van der Waals surface area (Å²) < 4.78 is 7.97. The van der Waals surface area contributed by atoms with Crippen LogP contribution in [0.15, 0.2) is 48.5 Å². The topological polar surface area (TPSA) is 70.1 Å². The van der Waals surface area contributed by atoms with E-state index in [0.29, 0.717) is 10.9 Å². The van der Waals surface area contributed by atoms with E-state index in [1.165, 1.54) is 0 Å². The lowest BCUT2D eigenvalue weighted by Gasteiger charge is -2.41. The maximum atomic E-state index is 12.8. The molecule has 3 aromatic rings. The van der Waals surface area contributed by atoms with Gasteiger partial charge in [-0.1, -0.05) is 36.6 Å². The SMILES string of the molecule is NC(=O)C(C1CCOCC1)C1CCCCC1n1c(-c2ccc(Cl)cc2)nc2ccccc21. The summed E-state index contributed by atoms with van der Waals surface area (Å²) in [6.45, 7) is 1.44. The molecule has 1 amide bonds. The number of benzene rings is 2. The molecule has 2 N–H and O–H groups in total. The van der Waals surface area contributed by atoms with Crippen molar-refractivity contribution >= 4 is 28.5 Å². The number of fused-ring (bicyclic) bond motifs is 1. The Morgan fingerprint density at radius 3 is 2.50 bits per heavy atom. The molecule has 3 unspecified atom stereocenters. The maximum absolute atomic E-state index is 12.8. The molecule has 2 fully saturated rings. The van der Waals surface area contributed by atoms with Gasteiger partial charge < -0.3 is 15.0 Å². The Kier molecular flexibility index (Phi) is 6.20. The molecule has 2 heterocycles. The van der Waals surface area contributed by atoms with Crippen LogP contribution >= 0.6 is 11.6 Å². The van der Waals surface area contributed by atoms with Crippen LogP contribution in [0.2, 0.25) is 5.02 Å². The van der Waals surface area contributed by atoms with Gasteiger partial charge in [0.25, 0.3) is 0 Å². The number of hydrogen-bond acceptors (Lipinski definition) is 3. The van der Waals surface area contributed by atoms with Crippen LogP contribution in [0.4, 0.5) is 0 Å². The second-order valence-electron chi connectivity index (χ2n) is 9.19. The monoisotopic (exact) mass is 451 g/mol. The van der Waals surface area contributed by atoms with Crippen LogP contribution in [0.3, 0.4) is 0 Å². The molecule has 2 aromatic carbocycles. The van der Waals surface area contributed by atoms with E-state index in [1.54, 1.807) is 0 Å². The van der Waals surface area contributed by atoms with Gasteiger partial charge in [-0.2, -0.15) is 0 Å². The van der Waals surface area contributed by atoms with Crippen molar-refractivity contribution in [3.8, 4) is 11.4 Å². The van der Waals surface area contributed by atoms with Crippen molar-refractivity contribution in [3.63, 3.8) is 0 Å². The number of aromatic nitrogens is 2. The van der Waals surface area contributed by atoms with Gasteiger partial charge in [0.2, 0.25) is 5.91 Å². The number of halogens is 1. The first-order valence-electron chi connectivity index (χ1n) is 11.7. The number of imidazole rings is 1. The fraction of sp³-hybridized carbons (Fsp3) is 0.462. The molecule has 5 nitrogen and oxygen atoms in total. The smallest absolute Gasteiger partial charge is 0.221 e. The lowest BCUT2D eigenvalue weighted by atomic mass is 9.69. The third-order valence-electron chi connectivity index (χ3n) is 7.38. The molecule has 1 saturated heterocycles. The summed E-state index contributed by atoms with van der Waals surface area (Å²) in [6.07, 6.45) is 6.14. The van der Waals surface area contributed by atoms with Gasteiger partial charge in [-0.15, -0.1) is 0 Å². The number of nitrogens with two attached hydrogens (primary N) is 1. The molecule has 6 heteroatoms. The van der Waals surface area contributed by atoms with Gasteiger partial charge in [-0.05, 0) is 73.9 Å². The van der Waals surface area contributed by atoms with Crippen LogP contribution in [0, 0.1) is 17.8 Å². The van der Waals surface area contributed by atoms with Crippen molar-refractivity contribution in [1.29, 1.82) is 0 Å². The highest BCUT2D eigenvalue weighted by Crippen LogP contribution is 2.46. The number of carbonyl (C=O) groups excluding carboxylic acids is 1. The number of ether oxygens (including phenoxy) is 1. The Labute approximate surface area is 193 Å². The molecule has 0 bridgehead atoms. The number of rotatable bonds is 5. The normalized spacial score (nSPS) is 23.3. The lowest BCUT2D eigenvalue weighted by Crippen LogP contribution is -2.42. The summed E-state index contributed by atoms with van der Waals surface area (Å²) in [7, 11) is 0. The summed E-state index contributed by atoms with van der Waals surface area (Å²) in [4.78, 5) is 17.8. The molecular formula is C26H30ClN3O2. The molecule has 2 aliphatic rings. The fourth-order valence-corrected chi connectivity index (χ4v) is 6.06. The molecule has 0 spiro atoms. The largest absolute Gasteiger partial charge is 0.381 e. The highest BCUT2D eigenvalue weighted by molar-refractivity contribution is 6.30. The second-order valence-corrected chi connectivity index (χ2v) is 9.63. The second kappa shape index (κ2) is 9.24. The summed E-state index contributed by atoms with van der Waals surface area (Å²) in [5.74, 6) is 1.14. The molecule has 5 rings (SSSR count). The average molecular weight is 452 g/mol. The molecular weight excluding hydrogens is 422 g/mol. The number of primary amides is 1. The van der Waals surface area contributed by atoms with E-state index in [1.807, 2.05) is 30.3 Å². The molecule has 0 radical (unpaired) electrons. The van der Waals surface area contributed by atoms with Crippen LogP contribution < -0.4 is 5.73 Å². The Morgan fingerprint density at radius 1 is 1.03 bits per heavy atom. The van der Waals surface area contributed by atoms with E-state index in [4.69, 9.17) is 27.1 Å². The van der Waals surface area contributed by atoms with Crippen LogP contribution in [0.1, 0.15) is 44.6 Å². The summed E-state index contributed by atoms with van der Waals surface area (Å²) >= 11 is 6.16. The van der Waals surface area contributed by atoms with E-state index in [-0.39, 0.29) is 23.8 Å². The van der Waals surface area contributed by atoms with Gasteiger partial charge in [0.15, 0.2) is 0 Å². The number of amides is 1. The van der Waals surface area contributed by atoms with Crippen molar-refractivity contribution in [2.24, 2.45) is 23.5 Å². The minimum absolute atomic E-state index is 0.136. The van der Waals surface area contributed by atoms with Crippen LogP contribution in [0.25, 0.3) is 22.4 Å². The van der Waals surface area contributed by atoms with Crippen LogP contribution in [0.5, 0.6) is 0 Å². The number of nitrogens with zero attached hydrogens (tertiary/aromatic N) is 2. The van der Waals surface area contributed by atoms with E-state index in [0.717, 1.165) is 74.2 Å². The van der Waals surface area contributed by atoms with Gasteiger partial charge in [-0.25, -0.2) is 4.98 Å². The van der Waals surface area contributed by atoms with Crippen molar-refractivity contribution in [1.82, 2.24) is 9.55 Å². The molecule has 1 saturated carbocycles. The van der Waals surface area contributed by atoms with Crippen molar-refractivity contribution in [3.05, 3.63) is 53.6 Å². The van der Waals surface area contributed by atoms with Crippen LogP contribution in [-0.4, -0.2) is 28.7 Å². The van der Waals surface area contributed by atoms with Gasteiger partial charge >= 0.3 is 0 Å². The quantitative estimate of drug-likeness (QED) is 0.547. The van der Waals surface area contributed by atoms with Gasteiger partial charge in [0.1, 0.15) is 5.82 Å². The zero-order valence-electron chi connectivity index (χ0n) is 18.3. The summed E-state index contributed by atoms with van der Waals surface area (Å²) in [5, 5.41) is 0.709. The third kappa shape index (κ3) is 4.04. The predicted octanol–water partition coefficient (Wildman–Crippen LogP) is 5.62. The molecule has 32 heavy (non-hydrogen) atoms. The molecule has 1 aromatic heterocycles. The maximum Gasteiger partial charge on any atom is 0.221 e. The van der Waals surface area contributed by atoms with E-state index in [9.17, 15) is 4.79 Å². The molecule has 1 aliphatic carbocycles. The first-order valence-corrected chi connectivity index (χ1v) is 12.1. The highest BCUT2D eigenvalue weighted by atomic mass is 35.5. The van der Waals surface area contributed by atoms with Crippen LogP contribution in [-0.2, 0) is 9.53 Å². The molecule has 168 valence electrons. The van der Waals surface area contributed by atoms with Crippen molar-refractivity contribution in [2.75, 3.05) is 13.2 Å². The Bertz CT molecular complexity index is 1090. The van der Waals surface area contributed by atoms with Gasteiger partial charge in [-0.3, -0.25) is 4.79 Å². The number of para-hydroxylation sites is 2. The van der Waals surface area contributed by atoms with Gasteiger partial charge in [0.05, 0.1) is 11.0 Å². The minimum atomic E-state index is -0.161. The molecule has 3 atom stereocenters. The van der Waals surface area contributed by atoms with Crippen molar-refractivity contribution < 1.29 is 9.53 Å².